The zero-order valence-corrected chi connectivity index (χ0v) is 16.0. The van der Waals surface area contributed by atoms with Crippen LogP contribution >= 0.6 is 35.6 Å². The van der Waals surface area contributed by atoms with Gasteiger partial charge < -0.3 is 20.7 Å². The summed E-state index contributed by atoms with van der Waals surface area (Å²) < 4.78 is 5.47. The van der Waals surface area contributed by atoms with Crippen molar-refractivity contribution in [3.8, 4) is 5.75 Å². The van der Waals surface area contributed by atoms with E-state index in [2.05, 4.69) is 5.32 Å². The first-order valence-corrected chi connectivity index (χ1v) is 8.60. The Morgan fingerprint density at radius 3 is 2.84 bits per heavy atom. The highest BCUT2D eigenvalue weighted by Gasteiger charge is 2.28. The topological polar surface area (TPSA) is 84.7 Å². The minimum atomic E-state index is -0.205. The molecule has 1 saturated heterocycles. The first-order valence-electron chi connectivity index (χ1n) is 7.84. The number of halogens is 3. The van der Waals surface area contributed by atoms with Gasteiger partial charge in [-0.05, 0) is 25.0 Å². The minimum Gasteiger partial charge on any atom is -0.482 e. The van der Waals surface area contributed by atoms with E-state index in [-0.39, 0.29) is 36.7 Å². The molecule has 6 nitrogen and oxygen atoms in total. The number of ether oxygens (including phenoxy) is 1. The summed E-state index contributed by atoms with van der Waals surface area (Å²) in [6, 6.07) is 4.83. The highest BCUT2D eigenvalue weighted by atomic mass is 35.5. The Balaban J connectivity index is 0.00000312. The maximum absolute atomic E-state index is 12.3. The van der Waals surface area contributed by atoms with E-state index in [0.29, 0.717) is 42.0 Å². The number of carbonyl (C=O) groups is 2. The van der Waals surface area contributed by atoms with Crippen LogP contribution in [0.3, 0.4) is 0 Å². The maximum atomic E-state index is 12.3. The fourth-order valence-corrected chi connectivity index (χ4v) is 2.91. The van der Waals surface area contributed by atoms with Gasteiger partial charge in [0.2, 0.25) is 5.91 Å². The molecule has 2 rings (SSSR count). The number of nitrogens with one attached hydrogen (secondary N) is 1. The number of hydrogen-bond acceptors (Lipinski definition) is 4. The molecular weight excluding hydrogens is 389 g/mol. The lowest BCUT2D eigenvalue weighted by Crippen LogP contribution is -2.47. The summed E-state index contributed by atoms with van der Waals surface area (Å²) in [5.74, 6) is -0.0742. The molecule has 0 radical (unpaired) electrons. The van der Waals surface area contributed by atoms with Gasteiger partial charge in [0.15, 0.2) is 6.61 Å². The monoisotopic (exact) mass is 409 g/mol. The SMILES string of the molecule is Cl.NCCNC(=O)C1CCCN(C(=O)COc2cc(Cl)ccc2Cl)C1. The van der Waals surface area contributed by atoms with Crippen LogP contribution in [-0.2, 0) is 9.59 Å². The standard InChI is InChI=1S/C16H21Cl2N3O3.ClH/c17-12-3-4-13(18)14(8-12)24-10-15(22)21-7-1-2-11(9-21)16(23)20-6-5-19;/h3-4,8,11H,1-2,5-7,9-10,19H2,(H,20,23);1H. The zero-order valence-electron chi connectivity index (χ0n) is 13.7. The van der Waals surface area contributed by atoms with Gasteiger partial charge in [-0.15, -0.1) is 12.4 Å². The third-order valence-corrected chi connectivity index (χ3v) is 4.38. The van der Waals surface area contributed by atoms with Crippen molar-refractivity contribution in [2.24, 2.45) is 11.7 Å². The van der Waals surface area contributed by atoms with Gasteiger partial charge in [-0.1, -0.05) is 23.2 Å². The molecule has 1 unspecified atom stereocenters. The van der Waals surface area contributed by atoms with Crippen molar-refractivity contribution in [2.45, 2.75) is 12.8 Å². The lowest BCUT2D eigenvalue weighted by Gasteiger charge is -2.32. The summed E-state index contributed by atoms with van der Waals surface area (Å²) in [4.78, 5) is 26.0. The van der Waals surface area contributed by atoms with Crippen LogP contribution in [0.1, 0.15) is 12.8 Å². The second-order valence-electron chi connectivity index (χ2n) is 5.62. The first kappa shape index (κ1) is 21.8. The summed E-state index contributed by atoms with van der Waals surface area (Å²) in [7, 11) is 0. The van der Waals surface area contributed by atoms with Crippen LogP contribution in [0.2, 0.25) is 10.0 Å². The molecule has 0 spiro atoms. The molecule has 1 aromatic carbocycles. The van der Waals surface area contributed by atoms with E-state index in [9.17, 15) is 9.59 Å². The van der Waals surface area contributed by atoms with Crippen LogP contribution in [-0.4, -0.2) is 49.5 Å². The van der Waals surface area contributed by atoms with E-state index < -0.39 is 0 Å². The van der Waals surface area contributed by atoms with Crippen molar-refractivity contribution >= 4 is 47.4 Å². The molecule has 0 saturated carbocycles. The third kappa shape index (κ3) is 6.55. The number of benzene rings is 1. The number of amides is 2. The molecule has 2 amide bonds. The molecular formula is C16H22Cl3N3O3. The predicted octanol–water partition coefficient (Wildman–Crippen LogP) is 2.11. The van der Waals surface area contributed by atoms with Gasteiger partial charge in [0, 0.05) is 37.3 Å². The molecule has 0 aliphatic carbocycles. The Bertz CT molecular complexity index is 601. The molecule has 1 aliphatic heterocycles. The average molecular weight is 411 g/mol. The Morgan fingerprint density at radius 1 is 1.36 bits per heavy atom. The van der Waals surface area contributed by atoms with Gasteiger partial charge in [0.1, 0.15) is 5.75 Å². The molecule has 25 heavy (non-hydrogen) atoms. The fourth-order valence-electron chi connectivity index (χ4n) is 2.58. The van der Waals surface area contributed by atoms with Crippen molar-refractivity contribution in [1.29, 1.82) is 0 Å². The number of nitrogens with zero attached hydrogens (tertiary/aromatic N) is 1. The summed E-state index contributed by atoms with van der Waals surface area (Å²) >= 11 is 11.9. The van der Waals surface area contributed by atoms with E-state index in [1.807, 2.05) is 0 Å². The van der Waals surface area contributed by atoms with Crippen LogP contribution in [0.5, 0.6) is 5.75 Å². The van der Waals surface area contributed by atoms with Crippen LogP contribution in [0.15, 0.2) is 18.2 Å². The molecule has 0 aromatic heterocycles. The smallest absolute Gasteiger partial charge is 0.260 e. The second-order valence-corrected chi connectivity index (χ2v) is 6.47. The summed E-state index contributed by atoms with van der Waals surface area (Å²) in [6.45, 7) is 1.71. The van der Waals surface area contributed by atoms with Gasteiger partial charge in [0.25, 0.3) is 5.91 Å². The number of nitrogens with two attached hydrogens (primary N) is 1. The number of rotatable bonds is 6. The van der Waals surface area contributed by atoms with Crippen LogP contribution in [0.25, 0.3) is 0 Å². The lowest BCUT2D eigenvalue weighted by molar-refractivity contribution is -0.137. The van der Waals surface area contributed by atoms with Gasteiger partial charge in [-0.3, -0.25) is 9.59 Å². The normalized spacial score (nSPS) is 16.8. The summed E-state index contributed by atoms with van der Waals surface area (Å²) in [5.41, 5.74) is 5.38. The van der Waals surface area contributed by atoms with E-state index in [0.717, 1.165) is 12.8 Å². The Morgan fingerprint density at radius 2 is 2.12 bits per heavy atom. The summed E-state index contributed by atoms with van der Waals surface area (Å²) in [5, 5.41) is 3.64. The molecule has 0 bridgehead atoms. The van der Waals surface area contributed by atoms with Crippen LogP contribution in [0.4, 0.5) is 0 Å². The first-order chi connectivity index (χ1) is 11.5. The number of hydrogen-bond donors (Lipinski definition) is 2. The maximum Gasteiger partial charge on any atom is 0.260 e. The van der Waals surface area contributed by atoms with Crippen LogP contribution < -0.4 is 15.8 Å². The van der Waals surface area contributed by atoms with Crippen LogP contribution in [0, 0.1) is 5.92 Å². The number of carbonyl (C=O) groups excluding carboxylic acids is 2. The van der Waals surface area contributed by atoms with Crippen molar-refractivity contribution in [1.82, 2.24) is 10.2 Å². The van der Waals surface area contributed by atoms with E-state index in [1.54, 1.807) is 23.1 Å². The van der Waals surface area contributed by atoms with Crippen molar-refractivity contribution in [2.75, 3.05) is 32.8 Å². The quantitative estimate of drug-likeness (QED) is 0.752. The largest absolute Gasteiger partial charge is 0.482 e. The second kappa shape index (κ2) is 10.7. The Labute approximate surface area is 163 Å². The highest BCUT2D eigenvalue weighted by Crippen LogP contribution is 2.27. The average Bonchev–Trinajstić information content (AvgIpc) is 2.60. The number of likely N-dealkylation sites (tertiary alicyclic amines) is 1. The van der Waals surface area contributed by atoms with Gasteiger partial charge in [-0.2, -0.15) is 0 Å². The van der Waals surface area contributed by atoms with E-state index in [4.69, 9.17) is 33.7 Å². The fraction of sp³-hybridized carbons (Fsp3) is 0.500. The van der Waals surface area contributed by atoms with Gasteiger partial charge in [0.05, 0.1) is 10.9 Å². The molecule has 1 aliphatic rings. The Kier molecular flexibility index (Phi) is 9.35. The van der Waals surface area contributed by atoms with E-state index in [1.165, 1.54) is 0 Å². The summed E-state index contributed by atoms with van der Waals surface area (Å²) in [6.07, 6.45) is 1.55. The van der Waals surface area contributed by atoms with Gasteiger partial charge in [-0.25, -0.2) is 0 Å². The Hall–Kier alpha value is -1.21. The van der Waals surface area contributed by atoms with Crippen molar-refractivity contribution in [3.05, 3.63) is 28.2 Å². The lowest BCUT2D eigenvalue weighted by atomic mass is 9.97. The molecule has 1 fully saturated rings. The third-order valence-electron chi connectivity index (χ3n) is 3.83. The molecule has 9 heteroatoms. The van der Waals surface area contributed by atoms with Crippen molar-refractivity contribution in [3.63, 3.8) is 0 Å². The zero-order chi connectivity index (χ0) is 17.5. The minimum absolute atomic E-state index is 0. The molecule has 1 atom stereocenters. The van der Waals surface area contributed by atoms with Gasteiger partial charge >= 0.3 is 0 Å². The number of piperidine rings is 1. The molecule has 140 valence electrons. The van der Waals surface area contributed by atoms with Crippen molar-refractivity contribution < 1.29 is 14.3 Å². The van der Waals surface area contributed by atoms with E-state index >= 15 is 0 Å². The molecule has 1 aromatic rings. The predicted molar refractivity (Wildman–Crippen MR) is 101 cm³/mol. The highest BCUT2D eigenvalue weighted by molar-refractivity contribution is 6.34. The molecule has 3 N–H and O–H groups in total. The molecule has 1 heterocycles.